The SMILES string of the molecule is COc1cc([C@@H]2SCCN2C(=O)Nc2ccccc2)ccc1OCc1ccccc1. The molecule has 0 radical (unpaired) electrons. The van der Waals surface area contributed by atoms with E-state index in [9.17, 15) is 4.79 Å². The van der Waals surface area contributed by atoms with Crippen molar-refractivity contribution in [2.75, 3.05) is 24.7 Å². The number of urea groups is 1. The van der Waals surface area contributed by atoms with E-state index in [1.807, 2.05) is 83.8 Å². The van der Waals surface area contributed by atoms with Crippen LogP contribution in [0.15, 0.2) is 78.9 Å². The van der Waals surface area contributed by atoms with Gasteiger partial charge in [0.25, 0.3) is 0 Å². The van der Waals surface area contributed by atoms with E-state index in [-0.39, 0.29) is 11.4 Å². The molecule has 1 atom stereocenters. The van der Waals surface area contributed by atoms with Crippen molar-refractivity contribution in [1.82, 2.24) is 4.90 Å². The van der Waals surface area contributed by atoms with E-state index in [1.54, 1.807) is 18.9 Å². The largest absolute Gasteiger partial charge is 0.493 e. The summed E-state index contributed by atoms with van der Waals surface area (Å²) < 4.78 is 11.5. The van der Waals surface area contributed by atoms with Gasteiger partial charge in [0.05, 0.1) is 7.11 Å². The van der Waals surface area contributed by atoms with E-state index in [1.165, 1.54) is 0 Å². The summed E-state index contributed by atoms with van der Waals surface area (Å²) >= 11 is 1.75. The number of benzene rings is 3. The number of para-hydroxylation sites is 1. The summed E-state index contributed by atoms with van der Waals surface area (Å²) in [5.41, 5.74) is 2.91. The Morgan fingerprint density at radius 3 is 2.50 bits per heavy atom. The van der Waals surface area contributed by atoms with Crippen molar-refractivity contribution in [3.05, 3.63) is 90.0 Å². The summed E-state index contributed by atoms with van der Waals surface area (Å²) in [5, 5.41) is 2.92. The molecule has 0 saturated carbocycles. The second-order valence-corrected chi connectivity index (χ2v) is 8.09. The van der Waals surface area contributed by atoms with Gasteiger partial charge >= 0.3 is 6.03 Å². The van der Waals surface area contributed by atoms with Gasteiger partial charge in [-0.25, -0.2) is 4.79 Å². The first-order chi connectivity index (χ1) is 14.7. The molecule has 154 valence electrons. The fourth-order valence-corrected chi connectivity index (χ4v) is 4.61. The van der Waals surface area contributed by atoms with Crippen LogP contribution in [0, 0.1) is 0 Å². The van der Waals surface area contributed by atoms with Crippen LogP contribution >= 0.6 is 11.8 Å². The summed E-state index contributed by atoms with van der Waals surface area (Å²) in [4.78, 5) is 14.7. The number of thioether (sulfide) groups is 1. The number of rotatable bonds is 6. The minimum atomic E-state index is -0.0976. The van der Waals surface area contributed by atoms with Crippen molar-refractivity contribution in [3.63, 3.8) is 0 Å². The third-order valence-electron chi connectivity index (χ3n) is 4.89. The minimum Gasteiger partial charge on any atom is -0.493 e. The van der Waals surface area contributed by atoms with Crippen molar-refractivity contribution in [1.29, 1.82) is 0 Å². The van der Waals surface area contributed by atoms with Crippen LogP contribution in [-0.4, -0.2) is 30.3 Å². The smallest absolute Gasteiger partial charge is 0.323 e. The van der Waals surface area contributed by atoms with Crippen LogP contribution in [0.3, 0.4) is 0 Å². The third kappa shape index (κ3) is 4.71. The average molecular weight is 421 g/mol. The highest BCUT2D eigenvalue weighted by Gasteiger charge is 2.31. The molecule has 0 spiro atoms. The number of methoxy groups -OCH3 is 1. The lowest BCUT2D eigenvalue weighted by Gasteiger charge is -2.25. The Kier molecular flexibility index (Phi) is 6.44. The first-order valence-electron chi connectivity index (χ1n) is 9.83. The molecule has 3 aromatic carbocycles. The Hall–Kier alpha value is -3.12. The Balaban J connectivity index is 1.47. The van der Waals surface area contributed by atoms with Gasteiger partial charge in [0.1, 0.15) is 12.0 Å². The number of ether oxygens (including phenoxy) is 2. The highest BCUT2D eigenvalue weighted by Crippen LogP contribution is 2.41. The van der Waals surface area contributed by atoms with Crippen LogP contribution in [0.1, 0.15) is 16.5 Å². The van der Waals surface area contributed by atoms with Crippen LogP contribution in [-0.2, 0) is 6.61 Å². The fourth-order valence-electron chi connectivity index (χ4n) is 3.36. The number of carbonyl (C=O) groups is 1. The van der Waals surface area contributed by atoms with Gasteiger partial charge in [-0.3, -0.25) is 0 Å². The van der Waals surface area contributed by atoms with Crippen molar-refractivity contribution in [2.45, 2.75) is 12.0 Å². The number of nitrogens with zero attached hydrogens (tertiary/aromatic N) is 1. The maximum absolute atomic E-state index is 12.8. The average Bonchev–Trinajstić information content (AvgIpc) is 3.29. The molecule has 4 rings (SSSR count). The highest BCUT2D eigenvalue weighted by atomic mass is 32.2. The lowest BCUT2D eigenvalue weighted by molar-refractivity contribution is 0.214. The molecule has 1 heterocycles. The Labute approximate surface area is 181 Å². The summed E-state index contributed by atoms with van der Waals surface area (Å²) in [6, 6.07) is 25.3. The van der Waals surface area contributed by atoms with Crippen LogP contribution in [0.2, 0.25) is 0 Å². The molecule has 0 aliphatic carbocycles. The van der Waals surface area contributed by atoms with Gasteiger partial charge in [-0.1, -0.05) is 54.6 Å². The number of carbonyl (C=O) groups excluding carboxylic acids is 1. The van der Waals surface area contributed by atoms with E-state index < -0.39 is 0 Å². The molecule has 3 aromatic rings. The van der Waals surface area contributed by atoms with E-state index in [0.29, 0.717) is 24.7 Å². The highest BCUT2D eigenvalue weighted by molar-refractivity contribution is 7.99. The summed E-state index contributed by atoms with van der Waals surface area (Å²) in [6.45, 7) is 1.17. The predicted molar refractivity (Wildman–Crippen MR) is 121 cm³/mol. The first kappa shape index (κ1) is 20.2. The van der Waals surface area contributed by atoms with E-state index in [4.69, 9.17) is 9.47 Å². The zero-order valence-corrected chi connectivity index (χ0v) is 17.6. The molecule has 1 saturated heterocycles. The topological polar surface area (TPSA) is 50.8 Å². The Morgan fingerprint density at radius 2 is 1.77 bits per heavy atom. The Morgan fingerprint density at radius 1 is 1.03 bits per heavy atom. The predicted octanol–water partition coefficient (Wildman–Crippen LogP) is 5.55. The van der Waals surface area contributed by atoms with Gasteiger partial charge < -0.3 is 19.7 Å². The van der Waals surface area contributed by atoms with Crippen LogP contribution in [0.4, 0.5) is 10.5 Å². The quantitative estimate of drug-likeness (QED) is 0.568. The van der Waals surface area contributed by atoms with Crippen LogP contribution < -0.4 is 14.8 Å². The standard InChI is InChI=1S/C24H24N2O3S/c1-28-22-16-19(12-13-21(22)29-17-18-8-4-2-5-9-18)23-26(14-15-30-23)24(27)25-20-10-6-3-7-11-20/h2-13,16,23H,14-15,17H2,1H3,(H,25,27)/t23-/m0/s1. The second-order valence-electron chi connectivity index (χ2n) is 6.90. The second kappa shape index (κ2) is 9.59. The maximum Gasteiger partial charge on any atom is 0.323 e. The van der Waals surface area contributed by atoms with Crippen molar-refractivity contribution in [3.8, 4) is 11.5 Å². The summed E-state index contributed by atoms with van der Waals surface area (Å²) in [5.74, 6) is 2.24. The molecule has 30 heavy (non-hydrogen) atoms. The van der Waals surface area contributed by atoms with E-state index in [0.717, 1.165) is 22.6 Å². The first-order valence-corrected chi connectivity index (χ1v) is 10.9. The van der Waals surface area contributed by atoms with Gasteiger partial charge in [0.2, 0.25) is 0 Å². The molecule has 0 bridgehead atoms. The molecule has 6 heteroatoms. The molecule has 1 aliphatic rings. The van der Waals surface area contributed by atoms with Gasteiger partial charge in [-0.2, -0.15) is 0 Å². The monoisotopic (exact) mass is 420 g/mol. The Bertz CT molecular complexity index is 982. The number of amides is 2. The lowest BCUT2D eigenvalue weighted by atomic mass is 10.2. The number of anilines is 1. The zero-order chi connectivity index (χ0) is 20.8. The zero-order valence-electron chi connectivity index (χ0n) is 16.8. The molecule has 1 N–H and O–H groups in total. The molecular weight excluding hydrogens is 396 g/mol. The van der Waals surface area contributed by atoms with Gasteiger partial charge in [0, 0.05) is 18.0 Å². The number of hydrogen-bond donors (Lipinski definition) is 1. The summed E-state index contributed by atoms with van der Waals surface area (Å²) in [7, 11) is 1.64. The molecule has 1 aliphatic heterocycles. The van der Waals surface area contributed by atoms with Gasteiger partial charge in [-0.05, 0) is 35.4 Å². The van der Waals surface area contributed by atoms with Gasteiger partial charge in [0.15, 0.2) is 11.5 Å². The molecular formula is C24H24N2O3S. The maximum atomic E-state index is 12.8. The van der Waals surface area contributed by atoms with E-state index in [2.05, 4.69) is 5.32 Å². The van der Waals surface area contributed by atoms with Gasteiger partial charge in [-0.15, -0.1) is 11.8 Å². The number of nitrogens with one attached hydrogen (secondary N) is 1. The summed E-state index contributed by atoms with van der Waals surface area (Å²) in [6.07, 6.45) is 0. The van der Waals surface area contributed by atoms with Crippen molar-refractivity contribution >= 4 is 23.5 Å². The molecule has 2 amide bonds. The van der Waals surface area contributed by atoms with Crippen molar-refractivity contribution in [2.24, 2.45) is 0 Å². The van der Waals surface area contributed by atoms with Crippen LogP contribution in [0.25, 0.3) is 0 Å². The fraction of sp³-hybridized carbons (Fsp3) is 0.208. The van der Waals surface area contributed by atoms with E-state index >= 15 is 0 Å². The minimum absolute atomic E-state index is 0.0641. The number of hydrogen-bond acceptors (Lipinski definition) is 4. The lowest BCUT2D eigenvalue weighted by Crippen LogP contribution is -2.34. The molecule has 0 unspecified atom stereocenters. The van der Waals surface area contributed by atoms with Crippen molar-refractivity contribution < 1.29 is 14.3 Å². The third-order valence-corrected chi connectivity index (χ3v) is 6.15. The molecule has 0 aromatic heterocycles. The molecule has 1 fully saturated rings. The van der Waals surface area contributed by atoms with Crippen LogP contribution in [0.5, 0.6) is 11.5 Å². The normalized spacial score (nSPS) is 15.6. The molecule has 5 nitrogen and oxygen atoms in total.